The minimum atomic E-state index is -0.147. The van der Waals surface area contributed by atoms with Crippen LogP contribution >= 0.6 is 0 Å². The van der Waals surface area contributed by atoms with Crippen LogP contribution in [0.4, 0.5) is 5.82 Å². The van der Waals surface area contributed by atoms with Gasteiger partial charge in [0.25, 0.3) is 5.91 Å². The SMILES string of the molecule is Cc1ccc(C(=O)Nc2c(-c3cc(C)cc(C)c3)nc3ccccn23)cc1. The summed E-state index contributed by atoms with van der Waals surface area (Å²) in [5.74, 6) is 0.535. The maximum atomic E-state index is 12.8. The van der Waals surface area contributed by atoms with Crippen LogP contribution in [-0.4, -0.2) is 15.3 Å². The van der Waals surface area contributed by atoms with Gasteiger partial charge in [-0.15, -0.1) is 0 Å². The van der Waals surface area contributed by atoms with Crippen molar-refractivity contribution in [2.24, 2.45) is 0 Å². The van der Waals surface area contributed by atoms with E-state index in [1.807, 2.05) is 60.0 Å². The molecular weight excluding hydrogens is 334 g/mol. The van der Waals surface area contributed by atoms with Gasteiger partial charge >= 0.3 is 0 Å². The van der Waals surface area contributed by atoms with Crippen LogP contribution in [0.2, 0.25) is 0 Å². The third-order valence-electron chi connectivity index (χ3n) is 4.57. The number of rotatable bonds is 3. The van der Waals surface area contributed by atoms with E-state index in [9.17, 15) is 4.79 Å². The van der Waals surface area contributed by atoms with Gasteiger partial charge in [0.05, 0.1) is 0 Å². The molecule has 2 aromatic carbocycles. The molecule has 27 heavy (non-hydrogen) atoms. The van der Waals surface area contributed by atoms with Gasteiger partial charge in [0, 0.05) is 17.3 Å². The van der Waals surface area contributed by atoms with Crippen LogP contribution in [0.3, 0.4) is 0 Å². The molecular formula is C23H21N3O. The molecule has 0 aliphatic rings. The number of pyridine rings is 1. The fraction of sp³-hybridized carbons (Fsp3) is 0.130. The summed E-state index contributed by atoms with van der Waals surface area (Å²) in [5.41, 5.74) is 6.64. The van der Waals surface area contributed by atoms with Gasteiger partial charge < -0.3 is 5.32 Å². The van der Waals surface area contributed by atoms with Crippen molar-refractivity contribution in [2.75, 3.05) is 5.32 Å². The van der Waals surface area contributed by atoms with Crippen molar-refractivity contribution >= 4 is 17.4 Å². The first-order valence-electron chi connectivity index (χ1n) is 8.95. The predicted octanol–water partition coefficient (Wildman–Crippen LogP) is 5.18. The van der Waals surface area contributed by atoms with Gasteiger partial charge in [0.2, 0.25) is 0 Å². The highest BCUT2D eigenvalue weighted by Crippen LogP contribution is 2.30. The number of aryl methyl sites for hydroxylation is 3. The number of carbonyl (C=O) groups is 1. The monoisotopic (exact) mass is 355 g/mol. The van der Waals surface area contributed by atoms with Gasteiger partial charge in [-0.25, -0.2) is 4.98 Å². The number of amides is 1. The van der Waals surface area contributed by atoms with Crippen LogP contribution in [0.5, 0.6) is 0 Å². The van der Waals surface area contributed by atoms with Crippen molar-refractivity contribution in [3.05, 3.63) is 89.1 Å². The minimum Gasteiger partial charge on any atom is -0.306 e. The Balaban J connectivity index is 1.83. The van der Waals surface area contributed by atoms with Crippen LogP contribution in [0.1, 0.15) is 27.0 Å². The summed E-state index contributed by atoms with van der Waals surface area (Å²) < 4.78 is 1.92. The fourth-order valence-electron chi connectivity index (χ4n) is 3.31. The van der Waals surface area contributed by atoms with Gasteiger partial charge in [-0.1, -0.05) is 41.0 Å². The second-order valence-corrected chi connectivity index (χ2v) is 6.93. The van der Waals surface area contributed by atoms with E-state index in [0.717, 1.165) is 33.6 Å². The molecule has 1 N–H and O–H groups in total. The van der Waals surface area contributed by atoms with Crippen molar-refractivity contribution < 1.29 is 4.79 Å². The molecule has 0 aliphatic heterocycles. The number of carbonyl (C=O) groups excluding carboxylic acids is 1. The number of fused-ring (bicyclic) bond motifs is 1. The third kappa shape index (κ3) is 3.34. The van der Waals surface area contributed by atoms with Crippen molar-refractivity contribution in [3.8, 4) is 11.3 Å². The first kappa shape index (κ1) is 17.0. The topological polar surface area (TPSA) is 46.4 Å². The Hall–Kier alpha value is -3.40. The van der Waals surface area contributed by atoms with E-state index in [0.29, 0.717) is 11.4 Å². The zero-order valence-electron chi connectivity index (χ0n) is 15.7. The Morgan fingerprint density at radius 1 is 0.889 bits per heavy atom. The summed E-state index contributed by atoms with van der Waals surface area (Å²) in [4.78, 5) is 17.6. The molecule has 4 nitrogen and oxygen atoms in total. The van der Waals surface area contributed by atoms with Crippen molar-refractivity contribution in [1.29, 1.82) is 0 Å². The van der Waals surface area contributed by atoms with Gasteiger partial charge in [-0.3, -0.25) is 9.20 Å². The maximum Gasteiger partial charge on any atom is 0.256 e. The molecule has 0 saturated carbocycles. The summed E-state index contributed by atoms with van der Waals surface area (Å²) in [6, 6.07) is 19.7. The average molecular weight is 355 g/mol. The molecule has 0 bridgehead atoms. The summed E-state index contributed by atoms with van der Waals surface area (Å²) >= 11 is 0. The van der Waals surface area contributed by atoms with Crippen molar-refractivity contribution in [3.63, 3.8) is 0 Å². The number of hydrogen-bond donors (Lipinski definition) is 1. The number of nitrogens with zero attached hydrogens (tertiary/aromatic N) is 2. The summed E-state index contributed by atoms with van der Waals surface area (Å²) in [5, 5.41) is 3.07. The van der Waals surface area contributed by atoms with E-state index < -0.39 is 0 Å². The maximum absolute atomic E-state index is 12.8. The Labute approximate surface area is 158 Å². The molecule has 4 rings (SSSR count). The van der Waals surface area contributed by atoms with E-state index >= 15 is 0 Å². The lowest BCUT2D eigenvalue weighted by Crippen LogP contribution is -2.14. The highest BCUT2D eigenvalue weighted by Gasteiger charge is 2.17. The van der Waals surface area contributed by atoms with Gasteiger partial charge in [-0.05, 0) is 57.2 Å². The highest BCUT2D eigenvalue weighted by atomic mass is 16.1. The molecule has 4 aromatic rings. The van der Waals surface area contributed by atoms with Crippen LogP contribution in [0.25, 0.3) is 16.9 Å². The Kier molecular flexibility index (Phi) is 4.24. The second kappa shape index (κ2) is 6.72. The van der Waals surface area contributed by atoms with Crippen LogP contribution < -0.4 is 5.32 Å². The number of nitrogens with one attached hydrogen (secondary N) is 1. The average Bonchev–Trinajstić information content (AvgIpc) is 3.00. The summed E-state index contributed by atoms with van der Waals surface area (Å²) in [7, 11) is 0. The summed E-state index contributed by atoms with van der Waals surface area (Å²) in [6.45, 7) is 6.14. The minimum absolute atomic E-state index is 0.147. The molecule has 0 aliphatic carbocycles. The van der Waals surface area contributed by atoms with Crippen molar-refractivity contribution in [2.45, 2.75) is 20.8 Å². The van der Waals surface area contributed by atoms with E-state index in [4.69, 9.17) is 4.98 Å². The largest absolute Gasteiger partial charge is 0.306 e. The Bertz CT molecular complexity index is 1120. The van der Waals surface area contributed by atoms with Crippen molar-refractivity contribution in [1.82, 2.24) is 9.38 Å². The normalized spacial score (nSPS) is 10.9. The zero-order valence-corrected chi connectivity index (χ0v) is 15.7. The Morgan fingerprint density at radius 2 is 1.59 bits per heavy atom. The lowest BCUT2D eigenvalue weighted by atomic mass is 10.0. The van der Waals surface area contributed by atoms with Crippen LogP contribution in [0.15, 0.2) is 66.9 Å². The molecule has 0 spiro atoms. The molecule has 0 fully saturated rings. The zero-order chi connectivity index (χ0) is 19.0. The Morgan fingerprint density at radius 3 is 2.30 bits per heavy atom. The molecule has 0 unspecified atom stereocenters. The number of hydrogen-bond acceptors (Lipinski definition) is 2. The fourth-order valence-corrected chi connectivity index (χ4v) is 3.31. The smallest absolute Gasteiger partial charge is 0.256 e. The third-order valence-corrected chi connectivity index (χ3v) is 4.57. The van der Waals surface area contributed by atoms with Crippen LogP contribution in [0, 0.1) is 20.8 Å². The highest BCUT2D eigenvalue weighted by molar-refractivity contribution is 6.05. The first-order valence-corrected chi connectivity index (χ1v) is 8.95. The molecule has 0 atom stereocenters. The van der Waals surface area contributed by atoms with Gasteiger partial charge in [0.1, 0.15) is 17.2 Å². The lowest BCUT2D eigenvalue weighted by molar-refractivity contribution is 0.102. The van der Waals surface area contributed by atoms with Crippen LogP contribution in [-0.2, 0) is 0 Å². The molecule has 0 saturated heterocycles. The second-order valence-electron chi connectivity index (χ2n) is 6.93. The molecule has 2 aromatic heterocycles. The standard InChI is InChI=1S/C23H21N3O/c1-15-7-9-18(10-8-15)23(27)25-22-21(19-13-16(2)12-17(3)14-19)24-20-6-4-5-11-26(20)22/h4-14H,1-3H3,(H,25,27). The molecule has 0 radical (unpaired) electrons. The first-order chi connectivity index (χ1) is 13.0. The van der Waals surface area contributed by atoms with E-state index in [1.54, 1.807) is 0 Å². The molecule has 134 valence electrons. The van der Waals surface area contributed by atoms with E-state index in [2.05, 4.69) is 37.4 Å². The molecule has 4 heteroatoms. The quantitative estimate of drug-likeness (QED) is 0.550. The van der Waals surface area contributed by atoms with Gasteiger partial charge in [-0.2, -0.15) is 0 Å². The number of anilines is 1. The lowest BCUT2D eigenvalue weighted by Gasteiger charge is -2.09. The number of aromatic nitrogens is 2. The van der Waals surface area contributed by atoms with E-state index in [-0.39, 0.29) is 5.91 Å². The summed E-state index contributed by atoms with van der Waals surface area (Å²) in [6.07, 6.45) is 1.92. The number of imidazole rings is 1. The van der Waals surface area contributed by atoms with E-state index in [1.165, 1.54) is 0 Å². The van der Waals surface area contributed by atoms with Gasteiger partial charge in [0.15, 0.2) is 0 Å². The molecule has 2 heterocycles. The molecule has 1 amide bonds. The number of benzene rings is 2. The predicted molar refractivity (Wildman–Crippen MR) is 109 cm³/mol.